The summed E-state index contributed by atoms with van der Waals surface area (Å²) in [6.45, 7) is 5.02. The normalized spacial score (nSPS) is 50.7. The van der Waals surface area contributed by atoms with Gasteiger partial charge in [-0.1, -0.05) is 13.8 Å². The molecule has 0 aromatic heterocycles. The van der Waals surface area contributed by atoms with E-state index in [2.05, 4.69) is 13.8 Å². The predicted molar refractivity (Wildman–Crippen MR) is 64.5 cm³/mol. The van der Waals surface area contributed by atoms with Gasteiger partial charge in [0.1, 0.15) is 0 Å². The Morgan fingerprint density at radius 1 is 1.28 bits per heavy atom. The fourth-order valence-electron chi connectivity index (χ4n) is 4.12. The Morgan fingerprint density at radius 2 is 2.06 bits per heavy atom. The number of ether oxygens (including phenoxy) is 2. The largest absolute Gasteiger partial charge is 0.457 e. The van der Waals surface area contributed by atoms with Crippen molar-refractivity contribution in [3.8, 4) is 0 Å². The van der Waals surface area contributed by atoms with Crippen LogP contribution in [-0.4, -0.2) is 30.1 Å². The van der Waals surface area contributed by atoms with Crippen LogP contribution in [0.25, 0.3) is 0 Å². The predicted octanol–water partition coefficient (Wildman–Crippen LogP) is 1.57. The fourth-order valence-corrected chi connectivity index (χ4v) is 4.12. The van der Waals surface area contributed by atoms with Crippen LogP contribution in [0.2, 0.25) is 0 Å². The van der Waals surface area contributed by atoms with Crippen LogP contribution in [0.3, 0.4) is 0 Å². The summed E-state index contributed by atoms with van der Waals surface area (Å²) >= 11 is 0. The quantitative estimate of drug-likeness (QED) is 0.760. The molecule has 1 N–H and O–H groups in total. The smallest absolute Gasteiger partial charge is 0.309 e. The van der Waals surface area contributed by atoms with Gasteiger partial charge in [0.2, 0.25) is 0 Å². The lowest BCUT2D eigenvalue weighted by Gasteiger charge is -2.31. The third kappa shape index (κ3) is 1.86. The molecule has 0 spiro atoms. The van der Waals surface area contributed by atoms with Crippen molar-refractivity contribution in [3.05, 3.63) is 0 Å². The number of aliphatic hydroxyl groups is 1. The Morgan fingerprint density at radius 3 is 2.61 bits per heavy atom. The Kier molecular flexibility index (Phi) is 3.10. The number of hydrogen-bond donors (Lipinski definition) is 1. The Labute approximate surface area is 108 Å². The van der Waals surface area contributed by atoms with E-state index in [0.717, 1.165) is 12.3 Å². The van der Waals surface area contributed by atoms with Crippen molar-refractivity contribution in [3.63, 3.8) is 0 Å². The molecule has 3 rings (SSSR count). The van der Waals surface area contributed by atoms with Gasteiger partial charge in [0.25, 0.3) is 0 Å². The molecule has 1 heterocycles. The van der Waals surface area contributed by atoms with Gasteiger partial charge in [0.05, 0.1) is 12.5 Å². The molecule has 0 amide bonds. The number of hydrogen-bond acceptors (Lipinski definition) is 4. The Hall–Kier alpha value is -0.610. The van der Waals surface area contributed by atoms with Crippen molar-refractivity contribution in [1.29, 1.82) is 0 Å². The molecule has 0 radical (unpaired) electrons. The zero-order chi connectivity index (χ0) is 12.9. The molecule has 4 heteroatoms. The highest BCUT2D eigenvalue weighted by Crippen LogP contribution is 2.55. The third-order valence-electron chi connectivity index (χ3n) is 5.48. The lowest BCUT2D eigenvalue weighted by molar-refractivity contribution is -0.173. The van der Waals surface area contributed by atoms with E-state index in [4.69, 9.17) is 9.47 Å². The van der Waals surface area contributed by atoms with Crippen molar-refractivity contribution in [2.45, 2.75) is 45.5 Å². The van der Waals surface area contributed by atoms with E-state index in [1.807, 2.05) is 0 Å². The number of carbonyl (C=O) groups excluding carboxylic acids is 1. The maximum Gasteiger partial charge on any atom is 0.309 e. The Balaban J connectivity index is 1.61. The molecule has 7 unspecified atom stereocenters. The first kappa shape index (κ1) is 12.4. The minimum Gasteiger partial charge on any atom is -0.457 e. The van der Waals surface area contributed by atoms with E-state index in [-0.39, 0.29) is 11.9 Å². The molecule has 102 valence electrons. The zero-order valence-electron chi connectivity index (χ0n) is 11.0. The average Bonchev–Trinajstić information content (AvgIpc) is 2.99. The van der Waals surface area contributed by atoms with Gasteiger partial charge in [-0.15, -0.1) is 0 Å². The summed E-state index contributed by atoms with van der Waals surface area (Å²) in [5.41, 5.74) is 0. The number of carbonyl (C=O) groups is 1. The summed E-state index contributed by atoms with van der Waals surface area (Å²) in [4.78, 5) is 12.2. The van der Waals surface area contributed by atoms with Crippen molar-refractivity contribution in [1.82, 2.24) is 0 Å². The summed E-state index contributed by atoms with van der Waals surface area (Å²) in [7, 11) is 0. The van der Waals surface area contributed by atoms with Crippen LogP contribution in [0.4, 0.5) is 0 Å². The van der Waals surface area contributed by atoms with Crippen molar-refractivity contribution in [2.24, 2.45) is 29.6 Å². The second-order valence-electron chi connectivity index (χ2n) is 6.25. The number of fused-ring (bicyclic) bond motifs is 2. The second-order valence-corrected chi connectivity index (χ2v) is 6.25. The van der Waals surface area contributed by atoms with Crippen LogP contribution >= 0.6 is 0 Å². The maximum atomic E-state index is 12.2. The van der Waals surface area contributed by atoms with Gasteiger partial charge >= 0.3 is 5.97 Å². The van der Waals surface area contributed by atoms with Gasteiger partial charge in [0.15, 0.2) is 12.4 Å². The Bertz CT molecular complexity index is 341. The van der Waals surface area contributed by atoms with Gasteiger partial charge in [0, 0.05) is 6.42 Å². The maximum absolute atomic E-state index is 12.2. The zero-order valence-corrected chi connectivity index (χ0v) is 11.0. The molecule has 0 aromatic rings. The number of rotatable bonds is 2. The van der Waals surface area contributed by atoms with Crippen molar-refractivity contribution < 1.29 is 19.4 Å². The van der Waals surface area contributed by atoms with Gasteiger partial charge in [-0.3, -0.25) is 4.79 Å². The molecule has 3 fully saturated rings. The fraction of sp³-hybridized carbons (Fsp3) is 0.929. The second kappa shape index (κ2) is 4.49. The topological polar surface area (TPSA) is 55.8 Å². The van der Waals surface area contributed by atoms with E-state index >= 15 is 0 Å². The van der Waals surface area contributed by atoms with E-state index < -0.39 is 12.4 Å². The van der Waals surface area contributed by atoms with Crippen LogP contribution in [0.1, 0.15) is 33.1 Å². The van der Waals surface area contributed by atoms with Crippen LogP contribution in [-0.2, 0) is 14.3 Å². The summed E-state index contributed by atoms with van der Waals surface area (Å²) in [6.07, 6.45) is 1.37. The molecule has 2 saturated carbocycles. The molecule has 18 heavy (non-hydrogen) atoms. The van der Waals surface area contributed by atoms with Crippen molar-refractivity contribution >= 4 is 5.97 Å². The molecular weight excluding hydrogens is 232 g/mol. The first-order valence-corrected chi connectivity index (χ1v) is 7.08. The first-order chi connectivity index (χ1) is 8.58. The molecule has 2 bridgehead atoms. The highest BCUT2D eigenvalue weighted by molar-refractivity contribution is 5.73. The van der Waals surface area contributed by atoms with Gasteiger partial charge in [-0.25, -0.2) is 0 Å². The molecule has 4 nitrogen and oxygen atoms in total. The molecule has 7 atom stereocenters. The van der Waals surface area contributed by atoms with Crippen LogP contribution in [0, 0.1) is 29.6 Å². The molecule has 3 aliphatic rings. The van der Waals surface area contributed by atoms with Gasteiger partial charge in [-0.05, 0) is 36.5 Å². The van der Waals surface area contributed by atoms with E-state index in [0.29, 0.717) is 30.8 Å². The first-order valence-electron chi connectivity index (χ1n) is 7.08. The average molecular weight is 254 g/mol. The summed E-state index contributed by atoms with van der Waals surface area (Å²) < 4.78 is 10.4. The van der Waals surface area contributed by atoms with Crippen LogP contribution < -0.4 is 0 Å². The monoisotopic (exact) mass is 254 g/mol. The van der Waals surface area contributed by atoms with E-state index in [1.54, 1.807) is 0 Å². The number of aliphatic hydroxyl groups excluding tert-OH is 1. The highest BCUT2D eigenvalue weighted by atomic mass is 16.7. The summed E-state index contributed by atoms with van der Waals surface area (Å²) in [6, 6.07) is 0. The molecular formula is C14H22O4. The lowest BCUT2D eigenvalue weighted by Crippen LogP contribution is -2.35. The van der Waals surface area contributed by atoms with Crippen molar-refractivity contribution in [2.75, 3.05) is 6.61 Å². The van der Waals surface area contributed by atoms with E-state index in [1.165, 1.54) is 6.42 Å². The van der Waals surface area contributed by atoms with Gasteiger partial charge < -0.3 is 14.6 Å². The number of esters is 1. The van der Waals surface area contributed by atoms with Crippen LogP contribution in [0.5, 0.6) is 0 Å². The molecule has 1 saturated heterocycles. The minimum atomic E-state index is -0.927. The molecule has 1 aliphatic heterocycles. The summed E-state index contributed by atoms with van der Waals surface area (Å²) in [5.74, 6) is 2.46. The molecule has 0 aromatic carbocycles. The summed E-state index contributed by atoms with van der Waals surface area (Å²) in [5, 5.41) is 9.51. The standard InChI is InChI=1S/C14H22O4/c1-7-8(2)10-5-9(7)6-11(10)13(15)18-12-3-4-17-14(12)16/h7-12,14,16H,3-6H2,1-2H3. The minimum absolute atomic E-state index is 0.0500. The SMILES string of the molecule is CC1C2CC(C(=O)OC3CCOC3O)C(C2)C1C. The highest BCUT2D eigenvalue weighted by Gasteiger charge is 2.52. The van der Waals surface area contributed by atoms with Gasteiger partial charge in [-0.2, -0.15) is 0 Å². The molecule has 2 aliphatic carbocycles. The van der Waals surface area contributed by atoms with E-state index in [9.17, 15) is 9.90 Å². The van der Waals surface area contributed by atoms with Crippen LogP contribution in [0.15, 0.2) is 0 Å². The lowest BCUT2D eigenvalue weighted by atomic mass is 9.76. The third-order valence-corrected chi connectivity index (χ3v) is 5.48.